The molecule has 9 nitrogen and oxygen atoms in total. The highest BCUT2D eigenvalue weighted by molar-refractivity contribution is 8.02. The van der Waals surface area contributed by atoms with Crippen molar-refractivity contribution >= 4 is 35.6 Å². The van der Waals surface area contributed by atoms with Crippen LogP contribution in [-0.4, -0.2) is 69.7 Å². The number of aliphatic carboxylic acids is 1. The summed E-state index contributed by atoms with van der Waals surface area (Å²) in [5.41, 5.74) is 1.09. The monoisotopic (exact) mass is 451 g/mol. The molecule has 0 aliphatic carbocycles. The van der Waals surface area contributed by atoms with Crippen molar-refractivity contribution in [3.05, 3.63) is 35.4 Å². The molecule has 0 radical (unpaired) electrons. The maximum absolute atomic E-state index is 13.2. The minimum Gasteiger partial charge on any atom is -0.480 e. The molecule has 3 amide bonds. The number of carboxylic acids is 1. The van der Waals surface area contributed by atoms with Crippen molar-refractivity contribution in [3.63, 3.8) is 0 Å². The van der Waals surface area contributed by atoms with Crippen LogP contribution in [0.4, 0.5) is 4.79 Å². The average Bonchev–Trinajstić information content (AvgIpc) is 2.89. The number of thioether (sulfide) groups is 1. The number of carboxylic acid groups (broad SMARTS) is 1. The summed E-state index contributed by atoms with van der Waals surface area (Å²) in [5, 5.41) is 14.8. The SMILES string of the molecule is CNC(=O)c1ccc(CC(NC(=O)C2N(C(=O)OC)C(C)(C)SC2(C)C)C(=O)O)cc1. The van der Waals surface area contributed by atoms with Crippen LogP contribution in [0, 0.1) is 0 Å². The van der Waals surface area contributed by atoms with E-state index in [1.165, 1.54) is 30.8 Å². The van der Waals surface area contributed by atoms with E-state index in [1.807, 2.05) is 27.7 Å². The Morgan fingerprint density at radius 3 is 2.23 bits per heavy atom. The number of hydrogen-bond donors (Lipinski definition) is 3. The van der Waals surface area contributed by atoms with Gasteiger partial charge in [-0.25, -0.2) is 9.59 Å². The Balaban J connectivity index is 2.24. The smallest absolute Gasteiger partial charge is 0.411 e. The van der Waals surface area contributed by atoms with Crippen molar-refractivity contribution in [1.82, 2.24) is 15.5 Å². The van der Waals surface area contributed by atoms with Crippen LogP contribution in [0.25, 0.3) is 0 Å². The van der Waals surface area contributed by atoms with Crippen LogP contribution in [0.1, 0.15) is 43.6 Å². The van der Waals surface area contributed by atoms with E-state index in [2.05, 4.69) is 10.6 Å². The Morgan fingerprint density at radius 2 is 1.74 bits per heavy atom. The molecule has 2 rings (SSSR count). The number of hydrogen-bond acceptors (Lipinski definition) is 6. The van der Waals surface area contributed by atoms with Gasteiger partial charge in [0.25, 0.3) is 5.91 Å². The van der Waals surface area contributed by atoms with Crippen LogP contribution in [0.5, 0.6) is 0 Å². The van der Waals surface area contributed by atoms with Gasteiger partial charge in [-0.15, -0.1) is 11.8 Å². The fourth-order valence-electron chi connectivity index (χ4n) is 3.85. The number of carbonyl (C=O) groups excluding carboxylic acids is 3. The van der Waals surface area contributed by atoms with Gasteiger partial charge < -0.3 is 20.5 Å². The molecule has 1 aliphatic heterocycles. The lowest BCUT2D eigenvalue weighted by atomic mass is 9.98. The summed E-state index contributed by atoms with van der Waals surface area (Å²) < 4.78 is 4.21. The first-order valence-electron chi connectivity index (χ1n) is 9.75. The van der Waals surface area contributed by atoms with E-state index < -0.39 is 39.7 Å². The largest absolute Gasteiger partial charge is 0.480 e. The van der Waals surface area contributed by atoms with Gasteiger partial charge >= 0.3 is 12.1 Å². The van der Waals surface area contributed by atoms with Gasteiger partial charge in [0.15, 0.2) is 0 Å². The van der Waals surface area contributed by atoms with Crippen LogP contribution in [0.15, 0.2) is 24.3 Å². The summed E-state index contributed by atoms with van der Waals surface area (Å²) in [6.07, 6.45) is -0.628. The molecule has 0 aromatic heterocycles. The molecule has 1 fully saturated rings. The summed E-state index contributed by atoms with van der Waals surface area (Å²) in [5.74, 6) is -2.01. The van der Waals surface area contributed by atoms with E-state index in [0.717, 1.165) is 0 Å². The summed E-state index contributed by atoms with van der Waals surface area (Å²) >= 11 is 1.44. The number of benzene rings is 1. The first-order chi connectivity index (χ1) is 14.3. The van der Waals surface area contributed by atoms with Gasteiger partial charge in [-0.1, -0.05) is 12.1 Å². The van der Waals surface area contributed by atoms with E-state index >= 15 is 0 Å². The highest BCUT2D eigenvalue weighted by Crippen LogP contribution is 2.51. The first-order valence-corrected chi connectivity index (χ1v) is 10.6. The molecule has 1 aromatic rings. The van der Waals surface area contributed by atoms with Gasteiger partial charge in [-0.3, -0.25) is 14.5 Å². The molecule has 0 saturated carbocycles. The first kappa shape index (κ1) is 24.5. The van der Waals surface area contributed by atoms with E-state index in [9.17, 15) is 24.3 Å². The molecule has 1 heterocycles. The zero-order chi connectivity index (χ0) is 23.6. The summed E-state index contributed by atoms with van der Waals surface area (Å²) in [6, 6.07) is 4.35. The number of amides is 3. The predicted molar refractivity (Wildman–Crippen MR) is 117 cm³/mol. The molecule has 1 aliphatic rings. The molecular weight excluding hydrogens is 422 g/mol. The lowest BCUT2D eigenvalue weighted by molar-refractivity contribution is -0.142. The molecule has 0 bridgehead atoms. The number of methoxy groups -OCH3 is 1. The molecule has 1 saturated heterocycles. The topological polar surface area (TPSA) is 125 Å². The Bertz CT molecular complexity index is 868. The van der Waals surface area contributed by atoms with Crippen LogP contribution in [0.3, 0.4) is 0 Å². The third kappa shape index (κ3) is 5.30. The number of nitrogens with one attached hydrogen (secondary N) is 2. The minimum atomic E-state index is -1.21. The van der Waals surface area contributed by atoms with E-state index in [0.29, 0.717) is 11.1 Å². The van der Waals surface area contributed by atoms with E-state index in [4.69, 9.17) is 4.74 Å². The minimum absolute atomic E-state index is 0.0248. The molecule has 1 aromatic carbocycles. The van der Waals surface area contributed by atoms with E-state index in [-0.39, 0.29) is 12.3 Å². The van der Waals surface area contributed by atoms with Crippen molar-refractivity contribution in [2.75, 3.05) is 14.2 Å². The van der Waals surface area contributed by atoms with Gasteiger partial charge in [0.05, 0.1) is 12.0 Å². The zero-order valence-corrected chi connectivity index (χ0v) is 19.3. The Kier molecular flexibility index (Phi) is 7.25. The number of ether oxygens (including phenoxy) is 1. The summed E-state index contributed by atoms with van der Waals surface area (Å²) in [4.78, 5) is 49.7. The van der Waals surface area contributed by atoms with Crippen molar-refractivity contribution < 1.29 is 29.0 Å². The van der Waals surface area contributed by atoms with Crippen molar-refractivity contribution in [1.29, 1.82) is 0 Å². The Morgan fingerprint density at radius 1 is 1.16 bits per heavy atom. The summed E-state index contributed by atoms with van der Waals surface area (Å²) in [6.45, 7) is 7.29. The molecule has 0 spiro atoms. The highest BCUT2D eigenvalue weighted by Gasteiger charge is 2.57. The standard InChI is InChI=1S/C21H29N3O6S/c1-20(2)15(24(19(29)30-6)21(3,4)31-20)17(26)23-14(18(27)28)11-12-7-9-13(10-8-12)16(25)22-5/h7-10,14-15H,11H2,1-6H3,(H,22,25)(H,23,26)(H,27,28). The molecule has 170 valence electrons. The van der Waals surface area contributed by atoms with Gasteiger partial charge in [0.1, 0.15) is 12.1 Å². The van der Waals surface area contributed by atoms with Crippen molar-refractivity contribution in [2.24, 2.45) is 0 Å². The molecule has 2 atom stereocenters. The molecule has 31 heavy (non-hydrogen) atoms. The maximum atomic E-state index is 13.2. The van der Waals surface area contributed by atoms with Crippen LogP contribution in [0.2, 0.25) is 0 Å². The number of carbonyl (C=O) groups is 4. The third-order valence-corrected chi connectivity index (χ3v) is 6.57. The van der Waals surface area contributed by atoms with E-state index in [1.54, 1.807) is 24.3 Å². The van der Waals surface area contributed by atoms with Crippen molar-refractivity contribution in [3.8, 4) is 0 Å². The summed E-state index contributed by atoms with van der Waals surface area (Å²) in [7, 11) is 2.76. The number of nitrogens with zero attached hydrogens (tertiary/aromatic N) is 1. The fraction of sp³-hybridized carbons (Fsp3) is 0.524. The zero-order valence-electron chi connectivity index (χ0n) is 18.5. The second-order valence-corrected chi connectivity index (χ2v) is 10.5. The fourth-order valence-corrected chi connectivity index (χ4v) is 5.74. The second kappa shape index (κ2) is 9.17. The van der Waals surface area contributed by atoms with Crippen LogP contribution >= 0.6 is 11.8 Å². The lowest BCUT2D eigenvalue weighted by Gasteiger charge is -2.34. The quantitative estimate of drug-likeness (QED) is 0.603. The van der Waals surface area contributed by atoms with Crippen LogP contribution < -0.4 is 10.6 Å². The van der Waals surface area contributed by atoms with Gasteiger partial charge in [-0.05, 0) is 45.4 Å². The maximum Gasteiger partial charge on any atom is 0.411 e. The lowest BCUT2D eigenvalue weighted by Crippen LogP contribution is -2.59. The van der Waals surface area contributed by atoms with Gasteiger partial charge in [-0.2, -0.15) is 0 Å². The predicted octanol–water partition coefficient (Wildman–Crippen LogP) is 1.86. The average molecular weight is 452 g/mol. The Hall–Kier alpha value is -2.75. The molecular formula is C21H29N3O6S. The molecule has 10 heteroatoms. The number of rotatable bonds is 6. The Labute approximate surface area is 185 Å². The third-order valence-electron chi connectivity index (χ3n) is 5.13. The van der Waals surface area contributed by atoms with Crippen molar-refractivity contribution in [2.45, 2.75) is 55.8 Å². The van der Waals surface area contributed by atoms with Gasteiger partial charge in [0.2, 0.25) is 5.91 Å². The van der Waals surface area contributed by atoms with Gasteiger partial charge in [0, 0.05) is 23.8 Å². The van der Waals surface area contributed by atoms with Crippen LogP contribution in [-0.2, 0) is 20.7 Å². The second-order valence-electron chi connectivity index (χ2n) is 8.27. The normalized spacial score (nSPS) is 19.9. The highest BCUT2D eigenvalue weighted by atomic mass is 32.2. The molecule has 2 unspecified atom stereocenters. The molecule has 3 N–H and O–H groups in total.